The van der Waals surface area contributed by atoms with Gasteiger partial charge in [0.2, 0.25) is 0 Å². The van der Waals surface area contributed by atoms with E-state index in [2.05, 4.69) is 23.8 Å². The Bertz CT molecular complexity index is 494. The molecule has 0 amide bonds. The van der Waals surface area contributed by atoms with E-state index in [1.807, 2.05) is 4.68 Å². The number of likely N-dealkylation sites (N-methyl/N-ethyl adjacent to an activating group) is 1. The Morgan fingerprint density at radius 1 is 1.28 bits per heavy atom. The number of fused-ring (bicyclic) bond motifs is 1. The summed E-state index contributed by atoms with van der Waals surface area (Å²) in [5.74, 6) is -0.208. The van der Waals surface area contributed by atoms with Crippen molar-refractivity contribution in [3.8, 4) is 0 Å². The minimum Gasteiger partial charge on any atom is -0.302 e. The summed E-state index contributed by atoms with van der Waals surface area (Å²) in [5, 5.41) is 5.17. The first-order chi connectivity index (χ1) is 8.24. The first-order valence-electron chi connectivity index (χ1n) is 6.08. The van der Waals surface area contributed by atoms with Crippen LogP contribution in [-0.4, -0.2) is 34.3 Å². The fourth-order valence-corrected chi connectivity index (χ4v) is 2.01. The van der Waals surface area contributed by atoms with Crippen LogP contribution >= 0.6 is 12.4 Å². The van der Waals surface area contributed by atoms with Crippen LogP contribution in [0.2, 0.25) is 0 Å². The maximum Gasteiger partial charge on any atom is 0.124 e. The zero-order chi connectivity index (χ0) is 12.3. The number of hydrogen-bond donors (Lipinski definition) is 0. The number of benzene rings is 1. The maximum atomic E-state index is 13.0. The van der Waals surface area contributed by atoms with Gasteiger partial charge in [-0.2, -0.15) is 5.10 Å². The van der Waals surface area contributed by atoms with E-state index < -0.39 is 0 Å². The fraction of sp³-hybridized carbons (Fsp3) is 0.462. The maximum absolute atomic E-state index is 13.0. The largest absolute Gasteiger partial charge is 0.302 e. The zero-order valence-corrected chi connectivity index (χ0v) is 11.6. The van der Waals surface area contributed by atoms with Crippen LogP contribution in [0.3, 0.4) is 0 Å². The minimum absolute atomic E-state index is 0. The third-order valence-electron chi connectivity index (χ3n) is 3.13. The van der Waals surface area contributed by atoms with E-state index in [4.69, 9.17) is 0 Å². The lowest BCUT2D eigenvalue weighted by molar-refractivity contribution is 0.287. The summed E-state index contributed by atoms with van der Waals surface area (Å²) in [4.78, 5) is 2.34. The highest BCUT2D eigenvalue weighted by Gasteiger charge is 2.05. The lowest BCUT2D eigenvalue weighted by Gasteiger charge is -2.17. The molecular weight excluding hydrogens is 253 g/mol. The molecule has 2 aromatic rings. The van der Waals surface area contributed by atoms with Crippen LogP contribution in [0.15, 0.2) is 24.4 Å². The van der Waals surface area contributed by atoms with E-state index in [1.54, 1.807) is 12.3 Å². The predicted molar refractivity (Wildman–Crippen MR) is 74.7 cm³/mol. The van der Waals surface area contributed by atoms with Crippen molar-refractivity contribution in [3.05, 3.63) is 30.2 Å². The molecule has 0 saturated heterocycles. The van der Waals surface area contributed by atoms with Crippen molar-refractivity contribution in [2.24, 2.45) is 0 Å². The number of nitrogens with zero attached hydrogens (tertiary/aromatic N) is 3. The summed E-state index contributed by atoms with van der Waals surface area (Å²) in [7, 11) is 0. The third-order valence-corrected chi connectivity index (χ3v) is 3.13. The molecule has 18 heavy (non-hydrogen) atoms. The smallest absolute Gasteiger partial charge is 0.124 e. The summed E-state index contributed by atoms with van der Waals surface area (Å²) >= 11 is 0. The molecule has 0 unspecified atom stereocenters. The summed E-state index contributed by atoms with van der Waals surface area (Å²) in [6.07, 6.45) is 1.72. The molecule has 0 atom stereocenters. The average molecular weight is 272 g/mol. The summed E-state index contributed by atoms with van der Waals surface area (Å²) in [5.41, 5.74) is 0.999. The second kappa shape index (κ2) is 6.71. The van der Waals surface area contributed by atoms with Crippen molar-refractivity contribution in [3.63, 3.8) is 0 Å². The molecule has 0 spiro atoms. The average Bonchev–Trinajstić information content (AvgIpc) is 2.73. The van der Waals surface area contributed by atoms with Crippen LogP contribution in [0.25, 0.3) is 10.9 Å². The Morgan fingerprint density at radius 2 is 2.00 bits per heavy atom. The molecule has 0 N–H and O–H groups in total. The predicted octanol–water partition coefficient (Wildman–Crippen LogP) is 2.94. The molecule has 0 saturated carbocycles. The number of hydrogen-bond acceptors (Lipinski definition) is 2. The second-order valence-corrected chi connectivity index (χ2v) is 4.10. The molecule has 2 rings (SSSR count). The standard InChI is InChI=1S/C13H18FN3.ClH/c1-3-16(4-2)7-8-17-13-6-5-12(14)9-11(13)10-15-17;/h5-6,9-10H,3-4,7-8H2,1-2H3;1H. The lowest BCUT2D eigenvalue weighted by Crippen LogP contribution is -2.27. The van der Waals surface area contributed by atoms with E-state index in [-0.39, 0.29) is 18.2 Å². The molecule has 0 aliphatic heterocycles. The van der Waals surface area contributed by atoms with Gasteiger partial charge in [0.05, 0.1) is 18.3 Å². The van der Waals surface area contributed by atoms with Crippen molar-refractivity contribution in [1.82, 2.24) is 14.7 Å². The Kier molecular flexibility index (Phi) is 5.56. The molecule has 0 aliphatic carbocycles. The highest BCUT2D eigenvalue weighted by atomic mass is 35.5. The van der Waals surface area contributed by atoms with Gasteiger partial charge in [0, 0.05) is 11.9 Å². The van der Waals surface area contributed by atoms with E-state index in [9.17, 15) is 4.39 Å². The van der Waals surface area contributed by atoms with Gasteiger partial charge in [-0.25, -0.2) is 4.39 Å². The van der Waals surface area contributed by atoms with Gasteiger partial charge in [-0.05, 0) is 31.3 Å². The third kappa shape index (κ3) is 3.21. The van der Waals surface area contributed by atoms with E-state index in [0.29, 0.717) is 0 Å². The number of halogens is 2. The van der Waals surface area contributed by atoms with E-state index >= 15 is 0 Å². The number of rotatable bonds is 5. The molecule has 1 aromatic heterocycles. The summed E-state index contributed by atoms with van der Waals surface area (Å²) < 4.78 is 15.0. The van der Waals surface area contributed by atoms with Crippen LogP contribution in [0, 0.1) is 5.82 Å². The van der Waals surface area contributed by atoms with Gasteiger partial charge in [0.25, 0.3) is 0 Å². The van der Waals surface area contributed by atoms with Gasteiger partial charge in [-0.15, -0.1) is 12.4 Å². The SMILES string of the molecule is CCN(CC)CCn1ncc2cc(F)ccc21.Cl. The molecule has 0 aliphatic rings. The van der Waals surface area contributed by atoms with Gasteiger partial charge < -0.3 is 4.90 Å². The van der Waals surface area contributed by atoms with Crippen molar-refractivity contribution < 1.29 is 4.39 Å². The Balaban J connectivity index is 0.00000162. The Hall–Kier alpha value is -1.13. The zero-order valence-electron chi connectivity index (χ0n) is 10.8. The van der Waals surface area contributed by atoms with Crippen molar-refractivity contribution in [2.45, 2.75) is 20.4 Å². The first-order valence-corrected chi connectivity index (χ1v) is 6.08. The first kappa shape index (κ1) is 14.9. The monoisotopic (exact) mass is 271 g/mol. The van der Waals surface area contributed by atoms with E-state index in [0.717, 1.165) is 37.1 Å². The van der Waals surface area contributed by atoms with Crippen LogP contribution in [0.1, 0.15) is 13.8 Å². The van der Waals surface area contributed by atoms with Gasteiger partial charge in [-0.3, -0.25) is 4.68 Å². The molecule has 3 nitrogen and oxygen atoms in total. The number of aromatic nitrogens is 2. The van der Waals surface area contributed by atoms with Crippen LogP contribution in [0.5, 0.6) is 0 Å². The van der Waals surface area contributed by atoms with Crippen molar-refractivity contribution >= 4 is 23.3 Å². The topological polar surface area (TPSA) is 21.1 Å². The van der Waals surface area contributed by atoms with Gasteiger partial charge >= 0.3 is 0 Å². The molecule has 5 heteroatoms. The van der Waals surface area contributed by atoms with Crippen LogP contribution in [0.4, 0.5) is 4.39 Å². The highest BCUT2D eigenvalue weighted by molar-refractivity contribution is 5.85. The van der Waals surface area contributed by atoms with Crippen molar-refractivity contribution in [1.29, 1.82) is 0 Å². The van der Waals surface area contributed by atoms with Gasteiger partial charge in [0.15, 0.2) is 0 Å². The Morgan fingerprint density at radius 3 is 2.67 bits per heavy atom. The van der Waals surface area contributed by atoms with Gasteiger partial charge in [0.1, 0.15) is 5.82 Å². The van der Waals surface area contributed by atoms with Crippen LogP contribution in [-0.2, 0) is 6.54 Å². The molecule has 0 radical (unpaired) electrons. The normalized spacial score (nSPS) is 10.9. The van der Waals surface area contributed by atoms with Crippen molar-refractivity contribution in [2.75, 3.05) is 19.6 Å². The lowest BCUT2D eigenvalue weighted by atomic mass is 10.2. The molecule has 0 fully saturated rings. The quantitative estimate of drug-likeness (QED) is 0.834. The summed E-state index contributed by atoms with van der Waals surface area (Å²) in [6.45, 7) is 8.22. The molecule has 100 valence electrons. The minimum atomic E-state index is -0.208. The second-order valence-electron chi connectivity index (χ2n) is 4.10. The van der Waals surface area contributed by atoms with Gasteiger partial charge in [-0.1, -0.05) is 13.8 Å². The fourth-order valence-electron chi connectivity index (χ4n) is 2.01. The Labute approximate surface area is 113 Å². The molecule has 0 bridgehead atoms. The van der Waals surface area contributed by atoms with E-state index in [1.165, 1.54) is 12.1 Å². The summed E-state index contributed by atoms with van der Waals surface area (Å²) in [6, 6.07) is 4.80. The highest BCUT2D eigenvalue weighted by Crippen LogP contribution is 2.14. The molecule has 1 aromatic carbocycles. The molecular formula is C13H19ClFN3. The molecule has 1 heterocycles. The van der Waals surface area contributed by atoms with Crippen LogP contribution < -0.4 is 0 Å².